The van der Waals surface area contributed by atoms with Gasteiger partial charge in [0.25, 0.3) is 0 Å². The maximum Gasteiger partial charge on any atom is 0.138 e. The average molecular weight is 179 g/mol. The number of aryl methyl sites for hydroxylation is 1. The molecule has 0 unspecified atom stereocenters. The summed E-state index contributed by atoms with van der Waals surface area (Å²) in [6.07, 6.45) is 0. The molecule has 0 amide bonds. The average Bonchev–Trinajstić information content (AvgIpc) is 2.54. The summed E-state index contributed by atoms with van der Waals surface area (Å²) in [4.78, 5) is 4.27. The predicted octanol–water partition coefficient (Wildman–Crippen LogP) is 2.61. The Balaban J connectivity index is 2.82. The van der Waals surface area contributed by atoms with E-state index in [0.29, 0.717) is 0 Å². The second kappa shape index (κ2) is 2.75. The topological polar surface area (TPSA) is 22.1 Å². The number of methoxy groups -OCH3 is 1. The highest BCUT2D eigenvalue weighted by molar-refractivity contribution is 7.17. The second-order valence-corrected chi connectivity index (χ2v) is 3.47. The molecule has 1 aromatic carbocycles. The zero-order chi connectivity index (χ0) is 8.55. The van der Waals surface area contributed by atoms with Gasteiger partial charge in [-0.3, -0.25) is 0 Å². The third-order valence-corrected chi connectivity index (χ3v) is 2.71. The van der Waals surface area contributed by atoms with Crippen LogP contribution in [-0.2, 0) is 0 Å². The van der Waals surface area contributed by atoms with Gasteiger partial charge in [0.15, 0.2) is 0 Å². The quantitative estimate of drug-likeness (QED) is 0.671. The van der Waals surface area contributed by atoms with Crippen molar-refractivity contribution in [3.05, 3.63) is 23.2 Å². The summed E-state index contributed by atoms with van der Waals surface area (Å²) < 4.78 is 6.35. The normalized spacial score (nSPS) is 10.5. The number of hydrogen-bond acceptors (Lipinski definition) is 3. The molecule has 0 aliphatic carbocycles. The molecule has 0 aliphatic heterocycles. The highest BCUT2D eigenvalue weighted by Gasteiger charge is 2.05. The first-order valence-corrected chi connectivity index (χ1v) is 4.57. The van der Waals surface area contributed by atoms with Gasteiger partial charge in [0.05, 0.1) is 22.8 Å². The molecule has 0 saturated carbocycles. The molecule has 0 aliphatic rings. The van der Waals surface area contributed by atoms with E-state index in [9.17, 15) is 0 Å². The minimum absolute atomic E-state index is 0.915. The van der Waals surface area contributed by atoms with Crippen LogP contribution in [0.2, 0.25) is 0 Å². The summed E-state index contributed by atoms with van der Waals surface area (Å²) in [6.45, 7) is 2.06. The Kier molecular flexibility index (Phi) is 1.73. The fourth-order valence-electron chi connectivity index (χ4n) is 1.22. The van der Waals surface area contributed by atoms with Crippen LogP contribution in [-0.4, -0.2) is 12.1 Å². The lowest BCUT2D eigenvalue weighted by atomic mass is 10.2. The third-order valence-electron chi connectivity index (χ3n) is 1.87. The smallest absolute Gasteiger partial charge is 0.138 e. The van der Waals surface area contributed by atoms with Crippen molar-refractivity contribution >= 4 is 21.6 Å². The van der Waals surface area contributed by atoms with Crippen LogP contribution in [0.25, 0.3) is 10.2 Å². The summed E-state index contributed by atoms with van der Waals surface area (Å²) in [5.41, 5.74) is 4.10. The van der Waals surface area contributed by atoms with Crippen LogP contribution in [0.3, 0.4) is 0 Å². The summed E-state index contributed by atoms with van der Waals surface area (Å²) >= 11 is 1.62. The molecular weight excluding hydrogens is 170 g/mol. The summed E-state index contributed by atoms with van der Waals surface area (Å²) in [5.74, 6) is 0.915. The van der Waals surface area contributed by atoms with Gasteiger partial charge in [-0.05, 0) is 18.6 Å². The Morgan fingerprint density at radius 1 is 1.42 bits per heavy atom. The van der Waals surface area contributed by atoms with Crippen molar-refractivity contribution in [2.24, 2.45) is 0 Å². The van der Waals surface area contributed by atoms with Crippen molar-refractivity contribution in [2.45, 2.75) is 6.92 Å². The maximum atomic E-state index is 5.21. The Morgan fingerprint density at radius 3 is 3.00 bits per heavy atom. The number of nitrogens with zero attached hydrogens (tertiary/aromatic N) is 1. The van der Waals surface area contributed by atoms with Crippen molar-refractivity contribution < 1.29 is 4.74 Å². The second-order valence-electron chi connectivity index (χ2n) is 2.61. The van der Waals surface area contributed by atoms with Crippen LogP contribution in [0.15, 0.2) is 17.6 Å². The lowest BCUT2D eigenvalue weighted by Crippen LogP contribution is -1.83. The van der Waals surface area contributed by atoms with Crippen LogP contribution in [0.1, 0.15) is 5.56 Å². The minimum Gasteiger partial charge on any atom is -0.495 e. The minimum atomic E-state index is 0.915. The van der Waals surface area contributed by atoms with Crippen molar-refractivity contribution in [2.75, 3.05) is 7.11 Å². The molecule has 0 radical (unpaired) electrons. The van der Waals surface area contributed by atoms with E-state index in [1.54, 1.807) is 18.4 Å². The Bertz CT molecular complexity index is 408. The van der Waals surface area contributed by atoms with Crippen molar-refractivity contribution in [1.29, 1.82) is 0 Å². The number of benzene rings is 1. The van der Waals surface area contributed by atoms with Gasteiger partial charge in [0.1, 0.15) is 5.75 Å². The van der Waals surface area contributed by atoms with Crippen LogP contribution in [0.4, 0.5) is 0 Å². The van der Waals surface area contributed by atoms with E-state index in [0.717, 1.165) is 16.0 Å². The van der Waals surface area contributed by atoms with E-state index in [1.165, 1.54) is 5.56 Å². The summed E-state index contributed by atoms with van der Waals surface area (Å²) in [5, 5.41) is 0. The molecule has 0 bridgehead atoms. The SMILES string of the molecule is COc1ccc(C)c2ncsc12. The van der Waals surface area contributed by atoms with Crippen LogP contribution in [0, 0.1) is 6.92 Å². The lowest BCUT2D eigenvalue weighted by molar-refractivity contribution is 0.420. The standard InChI is InChI=1S/C9H9NOS/c1-6-3-4-7(11-2)9-8(6)10-5-12-9/h3-5H,1-2H3. The molecule has 62 valence electrons. The molecule has 1 heterocycles. The van der Waals surface area contributed by atoms with E-state index in [1.807, 2.05) is 17.6 Å². The number of thiazole rings is 1. The highest BCUT2D eigenvalue weighted by atomic mass is 32.1. The number of hydrogen-bond donors (Lipinski definition) is 0. The van der Waals surface area contributed by atoms with Gasteiger partial charge < -0.3 is 4.74 Å². The van der Waals surface area contributed by atoms with Crippen molar-refractivity contribution in [3.63, 3.8) is 0 Å². The molecule has 2 aromatic rings. The molecule has 0 atom stereocenters. The van der Waals surface area contributed by atoms with Crippen molar-refractivity contribution in [3.8, 4) is 5.75 Å². The first kappa shape index (κ1) is 7.55. The van der Waals surface area contributed by atoms with E-state index in [2.05, 4.69) is 11.9 Å². The number of aromatic nitrogens is 1. The van der Waals surface area contributed by atoms with Crippen molar-refractivity contribution in [1.82, 2.24) is 4.98 Å². The Hall–Kier alpha value is -1.09. The molecule has 0 spiro atoms. The number of fused-ring (bicyclic) bond motifs is 1. The predicted molar refractivity (Wildman–Crippen MR) is 50.9 cm³/mol. The van der Waals surface area contributed by atoms with Crippen LogP contribution in [0.5, 0.6) is 5.75 Å². The molecule has 0 N–H and O–H groups in total. The summed E-state index contributed by atoms with van der Waals surface area (Å²) in [6, 6.07) is 4.01. The van der Waals surface area contributed by atoms with Gasteiger partial charge in [-0.25, -0.2) is 4.98 Å². The fourth-order valence-corrected chi connectivity index (χ4v) is 2.07. The Labute approximate surface area is 74.8 Å². The largest absolute Gasteiger partial charge is 0.495 e. The maximum absolute atomic E-state index is 5.21. The lowest BCUT2D eigenvalue weighted by Gasteiger charge is -2.01. The molecule has 0 fully saturated rings. The van der Waals surface area contributed by atoms with Gasteiger partial charge in [-0.2, -0.15) is 0 Å². The molecule has 2 rings (SSSR count). The zero-order valence-electron chi connectivity index (χ0n) is 7.00. The number of ether oxygens (including phenoxy) is 1. The molecule has 2 nitrogen and oxygen atoms in total. The van der Waals surface area contributed by atoms with Gasteiger partial charge in [0.2, 0.25) is 0 Å². The Morgan fingerprint density at radius 2 is 2.25 bits per heavy atom. The fraction of sp³-hybridized carbons (Fsp3) is 0.222. The van der Waals surface area contributed by atoms with E-state index >= 15 is 0 Å². The molecular formula is C9H9NOS. The van der Waals surface area contributed by atoms with Crippen LogP contribution >= 0.6 is 11.3 Å². The van der Waals surface area contributed by atoms with Crippen LogP contribution < -0.4 is 4.74 Å². The third kappa shape index (κ3) is 0.975. The highest BCUT2D eigenvalue weighted by Crippen LogP contribution is 2.30. The van der Waals surface area contributed by atoms with E-state index in [4.69, 9.17) is 4.74 Å². The first-order chi connectivity index (χ1) is 5.83. The van der Waals surface area contributed by atoms with Gasteiger partial charge in [-0.1, -0.05) is 6.07 Å². The molecule has 12 heavy (non-hydrogen) atoms. The molecule has 1 aromatic heterocycles. The van der Waals surface area contributed by atoms with E-state index in [-0.39, 0.29) is 0 Å². The molecule has 0 saturated heterocycles. The van der Waals surface area contributed by atoms with Gasteiger partial charge >= 0.3 is 0 Å². The first-order valence-electron chi connectivity index (χ1n) is 3.69. The molecule has 3 heteroatoms. The van der Waals surface area contributed by atoms with E-state index < -0.39 is 0 Å². The summed E-state index contributed by atoms with van der Waals surface area (Å²) in [7, 11) is 1.68. The number of rotatable bonds is 1. The monoisotopic (exact) mass is 179 g/mol. The van der Waals surface area contributed by atoms with Gasteiger partial charge in [0, 0.05) is 0 Å². The van der Waals surface area contributed by atoms with Gasteiger partial charge in [-0.15, -0.1) is 11.3 Å². The zero-order valence-corrected chi connectivity index (χ0v) is 7.81.